The largest absolute Gasteiger partial charge is 0.384 e. The van der Waals surface area contributed by atoms with Crippen molar-refractivity contribution in [3.05, 3.63) is 52.0 Å². The van der Waals surface area contributed by atoms with E-state index >= 15 is 0 Å². The molecule has 0 aliphatic rings. The maximum absolute atomic E-state index is 8.75. The molecule has 0 unspecified atom stereocenters. The topological polar surface area (TPSA) is 38.0 Å². The summed E-state index contributed by atoms with van der Waals surface area (Å²) in [6, 6.07) is 10.3. The zero-order chi connectivity index (χ0) is 14.7. The summed E-state index contributed by atoms with van der Waals surface area (Å²) in [6.45, 7) is 2.84. The van der Waals surface area contributed by atoms with Crippen molar-refractivity contribution in [1.82, 2.24) is 9.55 Å². The summed E-state index contributed by atoms with van der Waals surface area (Å²) >= 11 is 1.69. The Morgan fingerprint density at radius 1 is 1.33 bits per heavy atom. The fraction of sp³-hybridized carbons (Fsp3) is 0.235. The number of thiophene rings is 1. The molecule has 0 radical (unpaired) electrons. The van der Waals surface area contributed by atoms with Gasteiger partial charge in [0.1, 0.15) is 12.4 Å². The first-order valence-electron chi connectivity index (χ1n) is 6.93. The van der Waals surface area contributed by atoms with Gasteiger partial charge in [-0.2, -0.15) is 0 Å². The third-order valence-electron chi connectivity index (χ3n) is 3.33. The molecule has 21 heavy (non-hydrogen) atoms. The number of para-hydroxylation sites is 2. The highest BCUT2D eigenvalue weighted by Gasteiger charge is 2.10. The summed E-state index contributed by atoms with van der Waals surface area (Å²) in [5.74, 6) is 6.73. The van der Waals surface area contributed by atoms with E-state index in [0.29, 0.717) is 0 Å². The first-order chi connectivity index (χ1) is 10.3. The van der Waals surface area contributed by atoms with Crippen molar-refractivity contribution < 1.29 is 5.11 Å². The Kier molecular flexibility index (Phi) is 4.05. The predicted octanol–water partition coefficient (Wildman–Crippen LogP) is 3.05. The molecule has 2 aromatic heterocycles. The van der Waals surface area contributed by atoms with Gasteiger partial charge in [0, 0.05) is 22.2 Å². The van der Waals surface area contributed by atoms with Crippen molar-refractivity contribution in [1.29, 1.82) is 0 Å². The Balaban J connectivity index is 1.95. The van der Waals surface area contributed by atoms with Crippen LogP contribution >= 0.6 is 11.3 Å². The second-order valence-corrected chi connectivity index (χ2v) is 5.71. The SMILES string of the molecule is CCc1nc2ccccc2n1Cc1cc(C#CCO)cs1. The van der Waals surface area contributed by atoms with Crippen molar-refractivity contribution in [2.75, 3.05) is 6.61 Å². The van der Waals surface area contributed by atoms with E-state index in [-0.39, 0.29) is 6.61 Å². The number of rotatable bonds is 3. The van der Waals surface area contributed by atoms with Gasteiger partial charge < -0.3 is 9.67 Å². The summed E-state index contributed by atoms with van der Waals surface area (Å²) < 4.78 is 2.27. The van der Waals surface area contributed by atoms with Crippen molar-refractivity contribution in [2.45, 2.75) is 19.9 Å². The summed E-state index contributed by atoms with van der Waals surface area (Å²) in [5.41, 5.74) is 3.18. The molecular weight excluding hydrogens is 280 g/mol. The summed E-state index contributed by atoms with van der Waals surface area (Å²) in [5, 5.41) is 10.8. The second-order valence-electron chi connectivity index (χ2n) is 4.72. The van der Waals surface area contributed by atoms with Crippen molar-refractivity contribution in [3.63, 3.8) is 0 Å². The van der Waals surface area contributed by atoms with Gasteiger partial charge in [-0.3, -0.25) is 0 Å². The first kappa shape index (κ1) is 13.9. The van der Waals surface area contributed by atoms with E-state index in [0.717, 1.165) is 29.9 Å². The molecule has 0 aliphatic carbocycles. The monoisotopic (exact) mass is 296 g/mol. The van der Waals surface area contributed by atoms with E-state index in [2.05, 4.69) is 41.5 Å². The molecule has 1 N–H and O–H groups in total. The standard InChI is InChI=1S/C17H16N2OS/c1-2-17-18-15-7-3-4-8-16(15)19(17)11-14-10-13(12-21-14)6-5-9-20/h3-4,7-8,10,12,20H,2,9,11H2,1H3. The van der Waals surface area contributed by atoms with Crippen LogP contribution in [-0.4, -0.2) is 21.3 Å². The summed E-state index contributed by atoms with van der Waals surface area (Å²) in [7, 11) is 0. The number of benzene rings is 1. The zero-order valence-electron chi connectivity index (χ0n) is 11.8. The number of hydrogen-bond donors (Lipinski definition) is 1. The zero-order valence-corrected chi connectivity index (χ0v) is 12.7. The van der Waals surface area contributed by atoms with Crippen LogP contribution in [0.1, 0.15) is 23.2 Å². The van der Waals surface area contributed by atoms with Gasteiger partial charge in [-0.1, -0.05) is 30.9 Å². The minimum absolute atomic E-state index is 0.0999. The van der Waals surface area contributed by atoms with E-state index in [4.69, 9.17) is 10.1 Å². The molecule has 0 saturated carbocycles. The van der Waals surface area contributed by atoms with Crippen LogP contribution in [0.15, 0.2) is 35.7 Å². The number of fused-ring (bicyclic) bond motifs is 1. The van der Waals surface area contributed by atoms with E-state index in [1.54, 1.807) is 11.3 Å². The lowest BCUT2D eigenvalue weighted by atomic mass is 10.3. The van der Waals surface area contributed by atoms with Crippen LogP contribution in [0.25, 0.3) is 11.0 Å². The van der Waals surface area contributed by atoms with Crippen LogP contribution in [0.3, 0.4) is 0 Å². The maximum Gasteiger partial charge on any atom is 0.109 e. The van der Waals surface area contributed by atoms with Gasteiger partial charge in [-0.05, 0) is 18.2 Å². The molecule has 0 atom stereocenters. The molecule has 3 rings (SSSR count). The van der Waals surface area contributed by atoms with Gasteiger partial charge in [0.15, 0.2) is 0 Å². The molecule has 0 amide bonds. The van der Waals surface area contributed by atoms with Crippen molar-refractivity contribution in [3.8, 4) is 11.8 Å². The molecule has 4 heteroatoms. The number of aliphatic hydroxyl groups is 1. The minimum atomic E-state index is -0.0999. The van der Waals surface area contributed by atoms with Gasteiger partial charge >= 0.3 is 0 Å². The summed E-state index contributed by atoms with van der Waals surface area (Å²) in [6.07, 6.45) is 0.914. The Morgan fingerprint density at radius 3 is 3.00 bits per heavy atom. The van der Waals surface area contributed by atoms with Gasteiger partial charge in [0.05, 0.1) is 17.6 Å². The van der Waals surface area contributed by atoms with Gasteiger partial charge in [0.25, 0.3) is 0 Å². The normalized spacial score (nSPS) is 10.6. The second kappa shape index (κ2) is 6.13. The van der Waals surface area contributed by atoms with Crippen LogP contribution in [0.2, 0.25) is 0 Å². The van der Waals surface area contributed by atoms with Crippen LogP contribution in [-0.2, 0) is 13.0 Å². The molecule has 2 heterocycles. The minimum Gasteiger partial charge on any atom is -0.384 e. The highest BCUT2D eigenvalue weighted by molar-refractivity contribution is 7.10. The van der Waals surface area contributed by atoms with Crippen LogP contribution in [0.4, 0.5) is 0 Å². The fourth-order valence-corrected chi connectivity index (χ4v) is 3.20. The number of hydrogen-bond acceptors (Lipinski definition) is 3. The first-order valence-corrected chi connectivity index (χ1v) is 7.81. The van der Waals surface area contributed by atoms with Gasteiger partial charge in [-0.15, -0.1) is 11.3 Å². The number of imidazole rings is 1. The molecule has 3 aromatic rings. The fourth-order valence-electron chi connectivity index (χ4n) is 2.40. The third kappa shape index (κ3) is 2.85. The maximum atomic E-state index is 8.75. The Labute approximate surface area is 127 Å². The van der Waals surface area contributed by atoms with Crippen molar-refractivity contribution >= 4 is 22.4 Å². The molecule has 0 aliphatic heterocycles. The van der Waals surface area contributed by atoms with Crippen LogP contribution in [0.5, 0.6) is 0 Å². The predicted molar refractivity (Wildman–Crippen MR) is 86.5 cm³/mol. The highest BCUT2D eigenvalue weighted by atomic mass is 32.1. The molecule has 106 valence electrons. The quantitative estimate of drug-likeness (QED) is 0.754. The number of aliphatic hydroxyl groups excluding tert-OH is 1. The van der Waals surface area contributed by atoms with Gasteiger partial charge in [0.2, 0.25) is 0 Å². The number of aryl methyl sites for hydroxylation is 1. The highest BCUT2D eigenvalue weighted by Crippen LogP contribution is 2.21. The molecule has 0 saturated heterocycles. The van der Waals surface area contributed by atoms with E-state index in [1.165, 1.54) is 10.4 Å². The van der Waals surface area contributed by atoms with Crippen LogP contribution in [0, 0.1) is 11.8 Å². The average Bonchev–Trinajstić information content (AvgIpc) is 3.10. The number of nitrogens with zero attached hydrogens (tertiary/aromatic N) is 2. The third-order valence-corrected chi connectivity index (χ3v) is 4.25. The average molecular weight is 296 g/mol. The lowest BCUT2D eigenvalue weighted by Crippen LogP contribution is -2.03. The molecule has 0 spiro atoms. The van der Waals surface area contributed by atoms with Gasteiger partial charge in [-0.25, -0.2) is 4.98 Å². The van der Waals surface area contributed by atoms with E-state index in [1.807, 2.05) is 17.5 Å². The van der Waals surface area contributed by atoms with Crippen LogP contribution < -0.4 is 0 Å². The molecular formula is C17H16N2OS. The lowest BCUT2D eigenvalue weighted by molar-refractivity contribution is 0.350. The lowest BCUT2D eigenvalue weighted by Gasteiger charge is -2.06. The smallest absolute Gasteiger partial charge is 0.109 e. The number of aromatic nitrogens is 2. The summed E-state index contributed by atoms with van der Waals surface area (Å²) in [4.78, 5) is 5.94. The molecule has 3 nitrogen and oxygen atoms in total. The Bertz CT molecular complexity index is 820. The Hall–Kier alpha value is -2.09. The van der Waals surface area contributed by atoms with E-state index in [9.17, 15) is 0 Å². The molecule has 0 fully saturated rings. The molecule has 0 bridgehead atoms. The van der Waals surface area contributed by atoms with Crippen molar-refractivity contribution in [2.24, 2.45) is 0 Å². The molecule has 1 aromatic carbocycles. The Morgan fingerprint density at radius 2 is 2.19 bits per heavy atom. The van der Waals surface area contributed by atoms with E-state index < -0.39 is 0 Å².